The Bertz CT molecular complexity index is 222. The molecule has 1 aromatic rings. The minimum atomic E-state index is -0.451. The predicted molar refractivity (Wildman–Crippen MR) is 34.8 cm³/mol. The van der Waals surface area contributed by atoms with Gasteiger partial charge < -0.3 is 0 Å². The van der Waals surface area contributed by atoms with Gasteiger partial charge in [-0.3, -0.25) is 0 Å². The smallest absolute Gasteiger partial charge is 0.188 e. The first-order valence-corrected chi connectivity index (χ1v) is 2.87. The van der Waals surface area contributed by atoms with Gasteiger partial charge in [0.25, 0.3) is 0 Å². The van der Waals surface area contributed by atoms with Crippen LogP contribution < -0.4 is 0 Å². The first-order chi connectivity index (χ1) is 4.20. The molecule has 0 spiro atoms. The molecule has 0 radical (unpaired) electrons. The summed E-state index contributed by atoms with van der Waals surface area (Å²) in [5, 5.41) is 0. The van der Waals surface area contributed by atoms with Gasteiger partial charge in [-0.25, -0.2) is 8.78 Å². The maximum atomic E-state index is 12.3. The van der Waals surface area contributed by atoms with E-state index in [1.165, 1.54) is 0 Å². The molecule has 0 aliphatic heterocycles. The van der Waals surface area contributed by atoms with E-state index in [4.69, 9.17) is 0 Å². The third-order valence-electron chi connectivity index (χ3n) is 0.928. The minimum absolute atomic E-state index is 0.148. The fraction of sp³-hybridized carbons (Fsp3) is 0. The van der Waals surface area contributed by atoms with Crippen LogP contribution in [0.2, 0.25) is 0 Å². The molecule has 0 bridgehead atoms. The van der Waals surface area contributed by atoms with Gasteiger partial charge in [-0.15, -0.1) is 0 Å². The zero-order valence-corrected chi connectivity index (χ0v) is 5.49. The molecule has 0 amide bonds. The summed E-state index contributed by atoms with van der Waals surface area (Å²) in [7, 11) is 0. The van der Waals surface area contributed by atoms with Crippen molar-refractivity contribution < 1.29 is 8.78 Å². The molecule has 0 N–H and O–H groups in total. The van der Waals surface area contributed by atoms with E-state index < -0.39 is 11.6 Å². The molecule has 0 saturated carbocycles. The van der Waals surface area contributed by atoms with Crippen molar-refractivity contribution in [3.63, 3.8) is 0 Å². The van der Waals surface area contributed by atoms with Gasteiger partial charge in [0, 0.05) is 6.07 Å². The summed E-state index contributed by atoms with van der Waals surface area (Å²) in [6.07, 6.45) is 0. The van der Waals surface area contributed by atoms with Crippen molar-refractivity contribution in [1.82, 2.24) is 0 Å². The summed E-state index contributed by atoms with van der Waals surface area (Å²) < 4.78 is 24.4. The van der Waals surface area contributed by atoms with Crippen molar-refractivity contribution in [2.75, 3.05) is 0 Å². The third kappa shape index (κ3) is 1.42. The lowest BCUT2D eigenvalue weighted by atomic mass is 10.3. The predicted octanol–water partition coefficient (Wildman–Crippen LogP) is 1.34. The number of benzene rings is 1. The van der Waals surface area contributed by atoms with Crippen molar-refractivity contribution in [2.24, 2.45) is 0 Å². The first-order valence-electron chi connectivity index (χ1n) is 2.37. The van der Waals surface area contributed by atoms with Gasteiger partial charge in [-0.1, -0.05) is 0 Å². The van der Waals surface area contributed by atoms with Gasteiger partial charge in [0.1, 0.15) is 5.82 Å². The van der Waals surface area contributed by atoms with Crippen LogP contribution in [0.5, 0.6) is 0 Å². The minimum Gasteiger partial charge on any atom is -0.207 e. The largest absolute Gasteiger partial charge is 0.207 e. The summed E-state index contributed by atoms with van der Waals surface area (Å²) in [4.78, 5) is 0.148. The normalized spacial score (nSPS) is 9.67. The maximum Gasteiger partial charge on any atom is 0.188 e. The van der Waals surface area contributed by atoms with Crippen LogP contribution >= 0.6 is 0 Å². The molecule has 0 saturated heterocycles. The van der Waals surface area contributed by atoms with Crippen LogP contribution in [0.3, 0.4) is 0 Å². The topological polar surface area (TPSA) is 0 Å². The summed E-state index contributed by atoms with van der Waals surface area (Å²) in [5.74, 6) is -0.894. The van der Waals surface area contributed by atoms with Gasteiger partial charge in [0.2, 0.25) is 0 Å². The highest BCUT2D eigenvalue weighted by Gasteiger charge is 2.02. The van der Waals surface area contributed by atoms with Gasteiger partial charge in [-0.05, 0) is 24.8 Å². The van der Waals surface area contributed by atoms with Gasteiger partial charge in [0.15, 0.2) is 10.7 Å². The van der Waals surface area contributed by atoms with Crippen LogP contribution in [0, 0.1) is 11.6 Å². The Kier molecular flexibility index (Phi) is 1.71. The Morgan fingerprint density at radius 1 is 1.22 bits per heavy atom. The number of halogens is 2. The first kappa shape index (κ1) is 6.55. The molecule has 0 atom stereocenters. The SMILES string of the molecule is Fc1ccc(F)c([SH2+])c1. The Labute approximate surface area is 56.9 Å². The zero-order valence-electron chi connectivity index (χ0n) is 4.49. The Morgan fingerprint density at radius 2 is 1.89 bits per heavy atom. The summed E-state index contributed by atoms with van der Waals surface area (Å²) in [6.45, 7) is 0. The summed E-state index contributed by atoms with van der Waals surface area (Å²) in [6, 6.07) is 3.21. The lowest BCUT2D eigenvalue weighted by Crippen LogP contribution is -1.81. The van der Waals surface area contributed by atoms with Crippen LogP contribution in [-0.2, 0) is 12.6 Å². The van der Waals surface area contributed by atoms with Gasteiger partial charge in [0.05, 0.1) is 0 Å². The number of hydrogen-bond acceptors (Lipinski definition) is 0. The lowest BCUT2D eigenvalue weighted by Gasteiger charge is -1.86. The molecular weight excluding hydrogens is 142 g/mol. The second-order valence-corrected chi connectivity index (χ2v) is 2.16. The molecule has 48 valence electrons. The van der Waals surface area contributed by atoms with Gasteiger partial charge >= 0.3 is 0 Å². The molecule has 9 heavy (non-hydrogen) atoms. The second-order valence-electron chi connectivity index (χ2n) is 1.62. The monoisotopic (exact) mass is 147 g/mol. The van der Waals surface area contributed by atoms with E-state index in [1.54, 1.807) is 0 Å². The van der Waals surface area contributed by atoms with E-state index in [0.29, 0.717) is 0 Å². The van der Waals surface area contributed by atoms with Crippen LogP contribution in [-0.4, -0.2) is 0 Å². The van der Waals surface area contributed by atoms with Crippen LogP contribution in [0.15, 0.2) is 23.1 Å². The zero-order chi connectivity index (χ0) is 6.85. The van der Waals surface area contributed by atoms with Crippen LogP contribution in [0.4, 0.5) is 8.78 Å². The third-order valence-corrected chi connectivity index (χ3v) is 1.31. The maximum absolute atomic E-state index is 12.3. The lowest BCUT2D eigenvalue weighted by molar-refractivity contribution is 0.577. The average Bonchev–Trinajstić information content (AvgIpc) is 1.80. The van der Waals surface area contributed by atoms with Crippen molar-refractivity contribution >= 4 is 12.6 Å². The molecule has 3 heteroatoms. The van der Waals surface area contributed by atoms with Gasteiger partial charge in [-0.2, -0.15) is 0 Å². The summed E-state index contributed by atoms with van der Waals surface area (Å²) in [5.41, 5.74) is 0. The molecule has 0 heterocycles. The molecule has 0 nitrogen and oxygen atoms in total. The quantitative estimate of drug-likeness (QED) is 0.486. The number of hydrogen-bond donors (Lipinski definition) is 0. The molecule has 1 aromatic carbocycles. The molecule has 0 unspecified atom stereocenters. The standard InChI is InChI=1S/C6H4F2S/c7-4-1-2-5(8)6(9)3-4/h1-3,9H/p+1. The van der Waals surface area contributed by atoms with E-state index in [1.807, 2.05) is 0 Å². The molecule has 1 rings (SSSR count). The molecular formula is C6H5F2S+. The molecule has 0 aliphatic carbocycles. The van der Waals surface area contributed by atoms with Crippen molar-refractivity contribution in [1.29, 1.82) is 0 Å². The van der Waals surface area contributed by atoms with Crippen molar-refractivity contribution in [3.05, 3.63) is 29.8 Å². The fourth-order valence-electron chi connectivity index (χ4n) is 0.497. The van der Waals surface area contributed by atoms with E-state index in [-0.39, 0.29) is 4.90 Å². The van der Waals surface area contributed by atoms with E-state index in [9.17, 15) is 8.78 Å². The van der Waals surface area contributed by atoms with Crippen LogP contribution in [0.1, 0.15) is 0 Å². The summed E-state index contributed by atoms with van der Waals surface area (Å²) >= 11 is 2.88. The second kappa shape index (κ2) is 2.35. The molecule has 0 aliphatic rings. The van der Waals surface area contributed by atoms with Crippen molar-refractivity contribution in [3.8, 4) is 0 Å². The number of rotatable bonds is 0. The Morgan fingerprint density at radius 3 is 2.33 bits per heavy atom. The Hall–Kier alpha value is -0.570. The fourth-order valence-corrected chi connectivity index (χ4v) is 0.719. The highest BCUT2D eigenvalue weighted by molar-refractivity contribution is 7.58. The highest BCUT2D eigenvalue weighted by atomic mass is 32.1. The van der Waals surface area contributed by atoms with E-state index in [2.05, 4.69) is 12.6 Å². The van der Waals surface area contributed by atoms with Crippen LogP contribution in [0.25, 0.3) is 0 Å². The molecule has 0 fully saturated rings. The molecule has 0 aromatic heterocycles. The van der Waals surface area contributed by atoms with E-state index >= 15 is 0 Å². The average molecular weight is 147 g/mol. The van der Waals surface area contributed by atoms with Crippen molar-refractivity contribution in [2.45, 2.75) is 4.90 Å². The highest BCUT2D eigenvalue weighted by Crippen LogP contribution is 2.07. The van der Waals surface area contributed by atoms with E-state index in [0.717, 1.165) is 18.2 Å². The Balaban J connectivity index is 3.17.